The van der Waals surface area contributed by atoms with Gasteiger partial charge in [0.05, 0.1) is 35.6 Å². The van der Waals surface area contributed by atoms with Gasteiger partial charge in [0.25, 0.3) is 5.91 Å². The van der Waals surface area contributed by atoms with Crippen LogP contribution in [0.2, 0.25) is 0 Å². The number of nitrogens with one attached hydrogen (secondary N) is 1. The van der Waals surface area contributed by atoms with Gasteiger partial charge < -0.3 is 39.6 Å². The Labute approximate surface area is 340 Å². The van der Waals surface area contributed by atoms with E-state index in [4.69, 9.17) is 18.9 Å². The van der Waals surface area contributed by atoms with Crippen molar-refractivity contribution in [3.8, 4) is 0 Å². The fourth-order valence-corrected chi connectivity index (χ4v) is 9.72. The van der Waals surface area contributed by atoms with E-state index in [0.29, 0.717) is 5.56 Å². The first-order valence-electron chi connectivity index (χ1n) is 19.5. The first kappa shape index (κ1) is 41.6. The molecule has 2 saturated carbocycles. The van der Waals surface area contributed by atoms with Crippen molar-refractivity contribution in [3.05, 3.63) is 119 Å². The van der Waals surface area contributed by atoms with Gasteiger partial charge in [0.2, 0.25) is 11.6 Å². The number of hydrogen-bond acceptors (Lipinski definition) is 13. The van der Waals surface area contributed by atoms with E-state index in [1.165, 1.54) is 39.8 Å². The molecule has 4 N–H and O–H groups in total. The zero-order chi connectivity index (χ0) is 42.7. The van der Waals surface area contributed by atoms with E-state index in [0.717, 1.165) is 6.92 Å². The summed E-state index contributed by atoms with van der Waals surface area (Å²) in [7, 11) is 0. The standard InChI is InChI=1S/C45H47NO13/c1-24-29(57-41(54)35(50)33(26-15-9-6-10-16-26)46-39(52)27-17-11-7-12-18-27)22-45(55)38(58-40(53)28-19-13-8-14-20-28)36-43(5,37(51)34(49)32(24)42(45,3)4)30(48)21-31-44(36,23-56-31)59-25(2)47/h6-20,29-31,33,35-36,38,48,50,55H,21-23H2,1-5H3,(H,46,52)/t29-,30+,31+,33+,35+,36-,38-,43+,44-,45+/m0/s1. The number of aliphatic hydroxyl groups is 3. The molecule has 14 heteroatoms. The van der Waals surface area contributed by atoms with Crippen molar-refractivity contribution in [1.29, 1.82) is 0 Å². The molecule has 10 atom stereocenters. The number of carbonyl (C=O) groups excluding carboxylic acids is 6. The molecule has 3 aliphatic carbocycles. The fraction of sp³-hybridized carbons (Fsp3) is 0.422. The van der Waals surface area contributed by atoms with Crippen molar-refractivity contribution in [2.24, 2.45) is 16.7 Å². The maximum Gasteiger partial charge on any atom is 0.338 e. The monoisotopic (exact) mass is 809 g/mol. The summed E-state index contributed by atoms with van der Waals surface area (Å²) >= 11 is 0. The SMILES string of the molecule is CC(=O)O[C@@]12CO[C@@H]1C[C@@H](O)[C@@]1(C)C(=O)C(=O)C3=C(C)[C@@H](OC(=O)[C@H](O)[C@H](NC(=O)c4ccccc4)c4ccccc4)C[C@@](O)([C@@H](OC(=O)c4ccccc4)[C@H]21)C3(C)C. The highest BCUT2D eigenvalue weighted by molar-refractivity contribution is 6.46. The second-order valence-electron chi connectivity index (χ2n) is 16.6. The lowest BCUT2D eigenvalue weighted by atomic mass is 9.45. The van der Waals surface area contributed by atoms with Gasteiger partial charge in [0.1, 0.15) is 23.9 Å². The number of benzene rings is 3. The second kappa shape index (κ2) is 15.2. The maximum absolute atomic E-state index is 14.9. The molecule has 1 aliphatic heterocycles. The molecule has 0 radical (unpaired) electrons. The smallest absolute Gasteiger partial charge is 0.338 e. The third-order valence-corrected chi connectivity index (χ3v) is 13.0. The van der Waals surface area contributed by atoms with Crippen LogP contribution in [-0.2, 0) is 38.1 Å². The van der Waals surface area contributed by atoms with Crippen molar-refractivity contribution in [2.45, 2.75) is 95.2 Å². The van der Waals surface area contributed by atoms with E-state index >= 15 is 0 Å². The van der Waals surface area contributed by atoms with Crippen molar-refractivity contribution < 1.29 is 63.0 Å². The Bertz CT molecular complexity index is 2210. The molecule has 14 nitrogen and oxygen atoms in total. The van der Waals surface area contributed by atoms with Crippen molar-refractivity contribution >= 4 is 35.4 Å². The molecule has 1 amide bonds. The maximum atomic E-state index is 14.9. The first-order chi connectivity index (χ1) is 27.9. The van der Waals surface area contributed by atoms with Crippen molar-refractivity contribution in [1.82, 2.24) is 5.32 Å². The summed E-state index contributed by atoms with van der Waals surface area (Å²) in [5.74, 6) is -7.33. The third kappa shape index (κ3) is 6.68. The number of ketones is 2. The topological polar surface area (TPSA) is 212 Å². The van der Waals surface area contributed by atoms with Gasteiger partial charge in [-0.25, -0.2) is 9.59 Å². The van der Waals surface area contributed by atoms with E-state index in [1.54, 1.807) is 78.9 Å². The van der Waals surface area contributed by atoms with Gasteiger partial charge in [0, 0.05) is 36.3 Å². The molecule has 0 unspecified atom stereocenters. The Morgan fingerprint density at radius 1 is 0.864 bits per heavy atom. The van der Waals surface area contributed by atoms with Gasteiger partial charge in [-0.05, 0) is 49.2 Å². The average Bonchev–Trinajstić information content (AvgIpc) is 3.21. The van der Waals surface area contributed by atoms with Gasteiger partial charge in [-0.15, -0.1) is 0 Å². The van der Waals surface area contributed by atoms with Crippen LogP contribution in [0, 0.1) is 16.7 Å². The molecule has 59 heavy (non-hydrogen) atoms. The summed E-state index contributed by atoms with van der Waals surface area (Å²) in [5.41, 5.74) is -7.50. The lowest BCUT2D eigenvalue weighted by molar-refractivity contribution is -0.343. The average molecular weight is 810 g/mol. The molecular formula is C45H47NO13. The normalized spacial score (nSPS) is 31.8. The van der Waals surface area contributed by atoms with E-state index in [9.17, 15) is 44.1 Å². The van der Waals surface area contributed by atoms with Gasteiger partial charge in [-0.1, -0.05) is 80.6 Å². The number of rotatable bonds is 9. The molecule has 2 bridgehead atoms. The van der Waals surface area contributed by atoms with Crippen molar-refractivity contribution in [2.75, 3.05) is 6.61 Å². The molecule has 310 valence electrons. The summed E-state index contributed by atoms with van der Waals surface area (Å²) in [5, 5.41) is 39.6. The van der Waals surface area contributed by atoms with Crippen LogP contribution in [-0.4, -0.2) is 99.0 Å². The molecule has 3 aromatic rings. The molecule has 0 spiro atoms. The summed E-state index contributed by atoms with van der Waals surface area (Å²) in [6.45, 7) is 6.60. The second-order valence-corrected chi connectivity index (χ2v) is 16.6. The van der Waals surface area contributed by atoms with Crippen LogP contribution in [0.15, 0.2) is 102 Å². The van der Waals surface area contributed by atoms with E-state index < -0.39 is 106 Å². The van der Waals surface area contributed by atoms with Crippen LogP contribution in [0.4, 0.5) is 0 Å². The first-order valence-corrected chi connectivity index (χ1v) is 19.5. The molecular weight excluding hydrogens is 762 g/mol. The number of amides is 1. The zero-order valence-corrected chi connectivity index (χ0v) is 33.2. The highest BCUT2D eigenvalue weighted by Gasteiger charge is 2.78. The van der Waals surface area contributed by atoms with Crippen LogP contribution in [0.1, 0.15) is 79.8 Å². The van der Waals surface area contributed by atoms with Crippen LogP contribution >= 0.6 is 0 Å². The third-order valence-electron chi connectivity index (χ3n) is 13.0. The van der Waals surface area contributed by atoms with Crippen LogP contribution in [0.3, 0.4) is 0 Å². The Balaban J connectivity index is 1.35. The van der Waals surface area contributed by atoms with Crippen molar-refractivity contribution in [3.63, 3.8) is 0 Å². The molecule has 1 saturated heterocycles. The Morgan fingerprint density at radius 2 is 1.44 bits per heavy atom. The highest BCUT2D eigenvalue weighted by Crippen LogP contribution is 2.63. The number of aliphatic hydroxyl groups excluding tert-OH is 2. The van der Waals surface area contributed by atoms with Gasteiger partial charge in [0.15, 0.2) is 11.7 Å². The minimum Gasteiger partial charge on any atom is -0.456 e. The number of fused-ring (bicyclic) bond motifs is 5. The summed E-state index contributed by atoms with van der Waals surface area (Å²) in [6, 6.07) is 22.9. The van der Waals surface area contributed by atoms with E-state index in [-0.39, 0.29) is 35.3 Å². The van der Waals surface area contributed by atoms with Gasteiger partial charge >= 0.3 is 17.9 Å². The van der Waals surface area contributed by atoms with Gasteiger partial charge in [-0.3, -0.25) is 19.2 Å². The van der Waals surface area contributed by atoms with Crippen LogP contribution < -0.4 is 5.32 Å². The minimum absolute atomic E-state index is 0.0673. The molecule has 0 aromatic heterocycles. The Kier molecular flexibility index (Phi) is 10.8. The highest BCUT2D eigenvalue weighted by atomic mass is 16.6. The number of esters is 3. The number of carbonyl (C=O) groups is 6. The molecule has 1 heterocycles. The molecule has 3 fully saturated rings. The van der Waals surface area contributed by atoms with Crippen LogP contribution in [0.25, 0.3) is 0 Å². The summed E-state index contributed by atoms with van der Waals surface area (Å²) in [4.78, 5) is 84.1. The Morgan fingerprint density at radius 3 is 2.00 bits per heavy atom. The predicted molar refractivity (Wildman–Crippen MR) is 207 cm³/mol. The molecule has 7 rings (SSSR count). The lowest BCUT2D eigenvalue weighted by Crippen LogP contribution is -2.81. The molecule has 3 aromatic carbocycles. The zero-order valence-electron chi connectivity index (χ0n) is 33.2. The van der Waals surface area contributed by atoms with Crippen LogP contribution in [0.5, 0.6) is 0 Å². The number of Topliss-reactive ketones (excluding diaryl/α,β-unsaturated/α-hetero) is 2. The minimum atomic E-state index is -2.41. The molecule has 4 aliphatic rings. The van der Waals surface area contributed by atoms with Gasteiger partial charge in [-0.2, -0.15) is 0 Å². The van der Waals surface area contributed by atoms with E-state index in [2.05, 4.69) is 5.32 Å². The summed E-state index contributed by atoms with van der Waals surface area (Å²) < 4.78 is 24.1. The predicted octanol–water partition coefficient (Wildman–Crippen LogP) is 3.37. The largest absolute Gasteiger partial charge is 0.456 e. The number of ether oxygens (including phenoxy) is 4. The quantitative estimate of drug-likeness (QED) is 0.139. The van der Waals surface area contributed by atoms with E-state index in [1.807, 2.05) is 0 Å². The fourth-order valence-electron chi connectivity index (χ4n) is 9.72. The Hall–Kier alpha value is -5.54. The lowest BCUT2D eigenvalue weighted by Gasteiger charge is -2.66. The summed E-state index contributed by atoms with van der Waals surface area (Å²) in [6.07, 6.45) is -8.76. The number of hydrogen-bond donors (Lipinski definition) is 4.